The molecule has 0 unspecified atom stereocenters. The molecule has 1 aliphatic rings. The molecular weight excluding hydrogens is 709 g/mol. The molecule has 3 aromatic carbocycles. The van der Waals surface area contributed by atoms with Crippen LogP contribution in [0, 0.1) is 0 Å². The predicted molar refractivity (Wildman–Crippen MR) is 225 cm³/mol. The first-order valence-corrected chi connectivity index (χ1v) is 19.4. The van der Waals surface area contributed by atoms with Crippen molar-refractivity contribution in [3.63, 3.8) is 0 Å². The molecule has 0 saturated heterocycles. The molecule has 0 atom stereocenters. The van der Waals surface area contributed by atoms with E-state index in [-0.39, 0.29) is 16.2 Å². The molecule has 1 aliphatic heterocycles. The molecule has 0 radical (unpaired) electrons. The van der Waals surface area contributed by atoms with Crippen molar-refractivity contribution >= 4 is 33.3 Å². The van der Waals surface area contributed by atoms with Gasteiger partial charge in [-0.1, -0.05) is 80.5 Å². The molecule has 0 aliphatic carbocycles. The number of benzene rings is 3. The number of rotatable bonds is 0. The first-order valence-electron chi connectivity index (χ1n) is 19.4. The Hall–Kier alpha value is -6.48. The second-order valence-corrected chi connectivity index (χ2v) is 18.1. The highest BCUT2D eigenvalue weighted by atomic mass is 16.4. The molecule has 0 N–H and O–H groups in total. The molecule has 15 bridgehead atoms. The van der Waals surface area contributed by atoms with Crippen LogP contribution in [-0.4, -0.2) is 29.9 Å². The summed E-state index contributed by atoms with van der Waals surface area (Å²) in [4.78, 5) is 30.5. The van der Waals surface area contributed by atoms with Gasteiger partial charge in [-0.25, -0.2) is 29.9 Å². The molecule has 0 amide bonds. The van der Waals surface area contributed by atoms with Crippen molar-refractivity contribution in [2.45, 2.75) is 78.6 Å². The third kappa shape index (κ3) is 5.91. The molecule has 0 saturated carbocycles. The van der Waals surface area contributed by atoms with Crippen LogP contribution in [0.2, 0.25) is 0 Å². The van der Waals surface area contributed by atoms with Crippen molar-refractivity contribution < 1.29 is 13.3 Å². The smallest absolute Gasteiger partial charge is 0.246 e. The van der Waals surface area contributed by atoms with Crippen molar-refractivity contribution in [2.24, 2.45) is 0 Å². The summed E-state index contributed by atoms with van der Waals surface area (Å²) in [7, 11) is 0. The molecule has 0 fully saturated rings. The average molecular weight is 751 g/mol. The van der Waals surface area contributed by atoms with Gasteiger partial charge >= 0.3 is 0 Å². The Morgan fingerprint density at radius 2 is 0.596 bits per heavy atom. The summed E-state index contributed by atoms with van der Waals surface area (Å²) in [6, 6.07) is 30.4. The summed E-state index contributed by atoms with van der Waals surface area (Å²) >= 11 is 0. The first-order chi connectivity index (χ1) is 27.1. The predicted octanol–water partition coefficient (Wildman–Crippen LogP) is 12.5. The largest absolute Gasteiger partial charge is 0.434 e. The van der Waals surface area contributed by atoms with E-state index in [0.29, 0.717) is 34.8 Å². The van der Waals surface area contributed by atoms with Crippen molar-refractivity contribution in [3.8, 4) is 68.5 Å². The zero-order chi connectivity index (χ0) is 39.6. The molecular formula is C48H42N6O3. The lowest BCUT2D eigenvalue weighted by atomic mass is 9.85. The van der Waals surface area contributed by atoms with Crippen molar-refractivity contribution in [1.82, 2.24) is 29.9 Å². The fourth-order valence-corrected chi connectivity index (χ4v) is 7.69. The Bertz CT molecular complexity index is 2760. The van der Waals surface area contributed by atoms with Gasteiger partial charge in [0.05, 0.1) is 17.1 Å². The number of fused-ring (bicyclic) bond motifs is 18. The molecule has 7 heterocycles. The second-order valence-electron chi connectivity index (χ2n) is 18.1. The van der Waals surface area contributed by atoms with Crippen molar-refractivity contribution in [2.75, 3.05) is 0 Å². The quantitative estimate of drug-likeness (QED) is 0.149. The number of nitrogens with zero attached hydrogens (tertiary/aromatic N) is 6. The van der Waals surface area contributed by atoms with Gasteiger partial charge in [-0.2, -0.15) is 0 Å². The number of oxazole rings is 3. The van der Waals surface area contributed by atoms with Crippen LogP contribution >= 0.6 is 0 Å². The molecule has 10 rings (SSSR count). The van der Waals surface area contributed by atoms with E-state index < -0.39 is 0 Å². The maximum absolute atomic E-state index is 6.61. The van der Waals surface area contributed by atoms with Gasteiger partial charge in [0.25, 0.3) is 0 Å². The van der Waals surface area contributed by atoms with Crippen molar-refractivity contribution in [3.05, 3.63) is 108 Å². The number of hydrogen-bond acceptors (Lipinski definition) is 9. The highest BCUT2D eigenvalue weighted by Crippen LogP contribution is 2.41. The lowest BCUT2D eigenvalue weighted by Gasteiger charge is -2.20. The van der Waals surface area contributed by atoms with Gasteiger partial charge in [0.15, 0.2) is 16.7 Å². The summed E-state index contributed by atoms with van der Waals surface area (Å²) in [5, 5.41) is 0. The summed E-state index contributed by atoms with van der Waals surface area (Å²) in [5.41, 5.74) is 13.6. The SMILES string of the molecule is CC(C)(C)c1cc2cc3nc(oc13)-c1cccc(n1)-c1cc(C(C)(C)C)c3oc(nc3c1)-c1cccc(n1)-c1cc(C(C)(C)C)c3oc(nc3c1)-c1cccc-2n1. The minimum Gasteiger partial charge on any atom is -0.434 e. The topological polar surface area (TPSA) is 117 Å². The molecule has 57 heavy (non-hydrogen) atoms. The Kier molecular flexibility index (Phi) is 7.37. The summed E-state index contributed by atoms with van der Waals surface area (Å²) < 4.78 is 19.8. The zero-order valence-electron chi connectivity index (χ0n) is 33.6. The Balaban J connectivity index is 1.27. The van der Waals surface area contributed by atoms with Crippen LogP contribution in [0.15, 0.2) is 104 Å². The minimum atomic E-state index is -0.258. The van der Waals surface area contributed by atoms with E-state index in [9.17, 15) is 0 Å². The van der Waals surface area contributed by atoms with E-state index in [1.807, 2.05) is 72.8 Å². The van der Waals surface area contributed by atoms with E-state index in [2.05, 4.69) is 80.5 Å². The molecule has 0 spiro atoms. The van der Waals surface area contributed by atoms with Crippen LogP contribution in [0.3, 0.4) is 0 Å². The van der Waals surface area contributed by atoms with Gasteiger partial charge in [0, 0.05) is 33.4 Å². The van der Waals surface area contributed by atoms with Gasteiger partial charge in [-0.3, -0.25) is 0 Å². The molecule has 6 aromatic heterocycles. The number of pyridine rings is 3. The standard InChI is InChI=1S/C48H42N6O3/c1-46(2,3)28-19-25-22-37-40(28)55-43(52-37)34-16-11-14-32(50-34)26-20-29(47(4,5)6)42-39(23-26)54-45(57-42)36-18-12-15-33(51-36)27-21-30(48(7,8)9)41-38(24-27)53-44(56-41)35-17-10-13-31(25)49-35/h10-24H,1-9H3. The molecule has 9 nitrogen and oxygen atoms in total. The minimum absolute atomic E-state index is 0.258. The average Bonchev–Trinajstić information content (AvgIpc) is 3.92. The highest BCUT2D eigenvalue weighted by Gasteiger charge is 2.28. The van der Waals surface area contributed by atoms with Gasteiger partial charge < -0.3 is 13.3 Å². The van der Waals surface area contributed by atoms with Crippen LogP contribution in [0.5, 0.6) is 0 Å². The van der Waals surface area contributed by atoms with Gasteiger partial charge in [-0.05, 0) is 89.0 Å². The van der Waals surface area contributed by atoms with Gasteiger partial charge in [-0.15, -0.1) is 0 Å². The van der Waals surface area contributed by atoms with E-state index in [0.717, 1.165) is 83.8 Å². The van der Waals surface area contributed by atoms with E-state index in [1.54, 1.807) is 0 Å². The third-order valence-electron chi connectivity index (χ3n) is 10.7. The van der Waals surface area contributed by atoms with Crippen LogP contribution in [0.4, 0.5) is 0 Å². The Morgan fingerprint density at radius 3 is 0.860 bits per heavy atom. The Labute approximate surface area is 330 Å². The van der Waals surface area contributed by atoms with Crippen LogP contribution in [0.1, 0.15) is 79.0 Å². The maximum atomic E-state index is 6.61. The molecule has 282 valence electrons. The second kappa shape index (κ2) is 12.0. The molecule has 9 heteroatoms. The van der Waals surface area contributed by atoms with E-state index in [1.165, 1.54) is 0 Å². The fraction of sp³-hybridized carbons (Fsp3) is 0.250. The Morgan fingerprint density at radius 1 is 0.333 bits per heavy atom. The normalized spacial score (nSPS) is 13.0. The molecule has 9 aromatic rings. The first kappa shape index (κ1) is 35.0. The van der Waals surface area contributed by atoms with Crippen LogP contribution in [-0.2, 0) is 16.2 Å². The van der Waals surface area contributed by atoms with Crippen LogP contribution < -0.4 is 0 Å². The van der Waals surface area contributed by atoms with E-state index >= 15 is 0 Å². The highest BCUT2D eigenvalue weighted by molar-refractivity contribution is 5.89. The summed E-state index contributed by atoms with van der Waals surface area (Å²) in [6.45, 7) is 19.6. The summed E-state index contributed by atoms with van der Waals surface area (Å²) in [5.74, 6) is 1.33. The fourth-order valence-electron chi connectivity index (χ4n) is 7.69. The monoisotopic (exact) mass is 750 g/mol. The van der Waals surface area contributed by atoms with E-state index in [4.69, 9.17) is 43.2 Å². The zero-order valence-corrected chi connectivity index (χ0v) is 33.6. The lowest BCUT2D eigenvalue weighted by molar-refractivity contribution is 0.560. The lowest BCUT2D eigenvalue weighted by Crippen LogP contribution is -2.11. The summed E-state index contributed by atoms with van der Waals surface area (Å²) in [6.07, 6.45) is 0. The number of aromatic nitrogens is 6. The van der Waals surface area contributed by atoms with Crippen LogP contribution in [0.25, 0.3) is 102 Å². The maximum Gasteiger partial charge on any atom is 0.246 e. The third-order valence-corrected chi connectivity index (χ3v) is 10.7. The number of hydrogen-bond donors (Lipinski definition) is 0. The van der Waals surface area contributed by atoms with Gasteiger partial charge in [0.2, 0.25) is 17.7 Å². The van der Waals surface area contributed by atoms with Gasteiger partial charge in [0.1, 0.15) is 33.6 Å². The van der Waals surface area contributed by atoms with Crippen molar-refractivity contribution in [1.29, 1.82) is 0 Å².